The van der Waals surface area contributed by atoms with Crippen molar-refractivity contribution in [1.29, 1.82) is 0 Å². The summed E-state index contributed by atoms with van der Waals surface area (Å²) in [6.07, 6.45) is 4.57. The number of aryl methyl sites for hydroxylation is 1. The zero-order chi connectivity index (χ0) is 12.6. The lowest BCUT2D eigenvalue weighted by Gasteiger charge is -2.28. The second kappa shape index (κ2) is 4.47. The molecular weight excluding hydrogens is 245 g/mol. The minimum Gasteiger partial charge on any atom is -0.246 e. The minimum atomic E-state index is -0.147. The van der Waals surface area contributed by atoms with Gasteiger partial charge in [0.2, 0.25) is 0 Å². The molecule has 1 fully saturated rings. The predicted octanol–water partition coefficient (Wildman–Crippen LogP) is 4.45. The van der Waals surface area contributed by atoms with E-state index in [0.717, 1.165) is 29.1 Å². The van der Waals surface area contributed by atoms with Crippen LogP contribution in [-0.4, -0.2) is 4.98 Å². The van der Waals surface area contributed by atoms with E-state index in [4.69, 9.17) is 0 Å². The van der Waals surface area contributed by atoms with E-state index in [1.165, 1.54) is 18.9 Å². The van der Waals surface area contributed by atoms with Crippen LogP contribution in [0.5, 0.6) is 0 Å². The maximum absolute atomic E-state index is 13.5. The first-order valence-corrected chi connectivity index (χ1v) is 7.27. The van der Waals surface area contributed by atoms with Crippen LogP contribution < -0.4 is 0 Å². The summed E-state index contributed by atoms with van der Waals surface area (Å²) >= 11 is 1.68. The van der Waals surface area contributed by atoms with Crippen molar-refractivity contribution in [3.05, 3.63) is 51.7 Å². The number of hydrogen-bond donors (Lipinski definition) is 0. The van der Waals surface area contributed by atoms with Crippen LogP contribution in [-0.2, 0) is 5.41 Å². The molecule has 0 aliphatic heterocycles. The molecule has 3 heteroatoms. The van der Waals surface area contributed by atoms with E-state index in [1.807, 2.05) is 19.1 Å². The normalized spacial score (nSPS) is 18.1. The highest BCUT2D eigenvalue weighted by molar-refractivity contribution is 7.09. The van der Waals surface area contributed by atoms with Crippen molar-refractivity contribution in [2.45, 2.75) is 38.0 Å². The first-order valence-electron chi connectivity index (χ1n) is 6.39. The van der Waals surface area contributed by atoms with E-state index < -0.39 is 0 Å². The Hall–Kier alpha value is -1.22. The van der Waals surface area contributed by atoms with E-state index in [0.29, 0.717) is 0 Å². The molecule has 1 nitrogen and oxygen atoms in total. The van der Waals surface area contributed by atoms with E-state index in [2.05, 4.69) is 10.4 Å². The Bertz CT molecular complexity index is 555. The first kappa shape index (κ1) is 11.8. The Kier molecular flexibility index (Phi) is 2.94. The van der Waals surface area contributed by atoms with Gasteiger partial charge in [0.25, 0.3) is 0 Å². The predicted molar refractivity (Wildman–Crippen MR) is 72.5 cm³/mol. The second-order valence-corrected chi connectivity index (χ2v) is 6.11. The lowest BCUT2D eigenvalue weighted by atomic mass is 9.76. The van der Waals surface area contributed by atoms with Crippen LogP contribution in [0.3, 0.4) is 0 Å². The Morgan fingerprint density at radius 2 is 2.06 bits per heavy atom. The van der Waals surface area contributed by atoms with Crippen LogP contribution in [0, 0.1) is 12.7 Å². The molecule has 1 aromatic heterocycles. The SMILES string of the molecule is Cc1nc(C2(c3cccc(F)c3)CCCC2)cs1. The molecule has 0 radical (unpaired) electrons. The van der Waals surface area contributed by atoms with Crippen LogP contribution in [0.25, 0.3) is 0 Å². The number of nitrogens with zero attached hydrogens (tertiary/aromatic N) is 1. The zero-order valence-electron chi connectivity index (χ0n) is 10.4. The van der Waals surface area contributed by atoms with E-state index in [1.54, 1.807) is 17.4 Å². The molecule has 1 heterocycles. The van der Waals surface area contributed by atoms with Gasteiger partial charge in [-0.3, -0.25) is 0 Å². The summed E-state index contributed by atoms with van der Waals surface area (Å²) in [6.45, 7) is 2.03. The molecule has 18 heavy (non-hydrogen) atoms. The monoisotopic (exact) mass is 261 g/mol. The first-order chi connectivity index (χ1) is 8.71. The molecule has 1 aliphatic rings. The maximum atomic E-state index is 13.5. The van der Waals surface area contributed by atoms with E-state index in [-0.39, 0.29) is 11.2 Å². The summed E-state index contributed by atoms with van der Waals surface area (Å²) in [5.41, 5.74) is 2.17. The molecular formula is C15H16FNS. The Labute approximate surface area is 111 Å². The number of thiazole rings is 1. The Morgan fingerprint density at radius 1 is 1.28 bits per heavy atom. The van der Waals surface area contributed by atoms with E-state index >= 15 is 0 Å². The highest BCUT2D eigenvalue weighted by atomic mass is 32.1. The molecule has 1 saturated carbocycles. The summed E-state index contributed by atoms with van der Waals surface area (Å²) in [6, 6.07) is 7.05. The fraction of sp³-hybridized carbons (Fsp3) is 0.400. The van der Waals surface area contributed by atoms with Gasteiger partial charge in [-0.25, -0.2) is 9.37 Å². The van der Waals surface area contributed by atoms with Crippen LogP contribution in [0.4, 0.5) is 4.39 Å². The van der Waals surface area contributed by atoms with Gasteiger partial charge in [-0.05, 0) is 37.5 Å². The summed E-state index contributed by atoms with van der Waals surface area (Å²) in [5.74, 6) is -0.147. The lowest BCUT2D eigenvalue weighted by Crippen LogP contribution is -2.24. The van der Waals surface area contributed by atoms with Crippen molar-refractivity contribution in [3.8, 4) is 0 Å². The maximum Gasteiger partial charge on any atom is 0.123 e. The second-order valence-electron chi connectivity index (χ2n) is 5.05. The number of aromatic nitrogens is 1. The van der Waals surface area contributed by atoms with Gasteiger partial charge in [-0.2, -0.15) is 0 Å². The molecule has 3 rings (SSSR count). The van der Waals surface area contributed by atoms with Crippen molar-refractivity contribution in [3.63, 3.8) is 0 Å². The highest BCUT2D eigenvalue weighted by Crippen LogP contribution is 2.46. The van der Waals surface area contributed by atoms with Gasteiger partial charge in [-0.15, -0.1) is 11.3 Å². The van der Waals surface area contributed by atoms with Crippen LogP contribution >= 0.6 is 11.3 Å². The fourth-order valence-electron chi connectivity index (χ4n) is 3.04. The van der Waals surface area contributed by atoms with Crippen molar-refractivity contribution >= 4 is 11.3 Å². The van der Waals surface area contributed by atoms with Crippen LogP contribution in [0.1, 0.15) is 41.9 Å². The molecule has 0 saturated heterocycles. The van der Waals surface area contributed by atoms with Crippen LogP contribution in [0.2, 0.25) is 0 Å². The molecule has 0 atom stereocenters. The molecule has 0 unspecified atom stereocenters. The summed E-state index contributed by atoms with van der Waals surface area (Å²) < 4.78 is 13.5. The standard InChI is InChI=1S/C15H16FNS/c1-11-17-14(10-18-11)15(7-2-3-8-15)12-5-4-6-13(16)9-12/h4-6,9-10H,2-3,7-8H2,1H3. The number of rotatable bonds is 2. The third-order valence-corrected chi connectivity index (χ3v) is 4.72. The number of hydrogen-bond acceptors (Lipinski definition) is 2. The van der Waals surface area contributed by atoms with Gasteiger partial charge in [0.05, 0.1) is 10.7 Å². The molecule has 0 N–H and O–H groups in total. The van der Waals surface area contributed by atoms with Crippen LogP contribution in [0.15, 0.2) is 29.6 Å². The van der Waals surface area contributed by atoms with Crippen molar-refractivity contribution < 1.29 is 4.39 Å². The molecule has 0 bridgehead atoms. The topological polar surface area (TPSA) is 12.9 Å². The largest absolute Gasteiger partial charge is 0.246 e. The van der Waals surface area contributed by atoms with Gasteiger partial charge < -0.3 is 0 Å². The molecule has 1 aliphatic carbocycles. The van der Waals surface area contributed by atoms with Crippen molar-refractivity contribution in [1.82, 2.24) is 4.98 Å². The third kappa shape index (κ3) is 1.87. The van der Waals surface area contributed by atoms with Gasteiger partial charge in [0, 0.05) is 10.8 Å². The smallest absolute Gasteiger partial charge is 0.123 e. The average Bonchev–Trinajstić information content (AvgIpc) is 2.98. The summed E-state index contributed by atoms with van der Waals surface area (Å²) in [4.78, 5) is 4.67. The molecule has 0 amide bonds. The van der Waals surface area contributed by atoms with Gasteiger partial charge in [0.1, 0.15) is 5.82 Å². The van der Waals surface area contributed by atoms with Gasteiger partial charge >= 0.3 is 0 Å². The zero-order valence-corrected chi connectivity index (χ0v) is 11.3. The summed E-state index contributed by atoms with van der Waals surface area (Å²) in [7, 11) is 0. The minimum absolute atomic E-state index is 0.0487. The molecule has 2 aromatic rings. The average molecular weight is 261 g/mol. The third-order valence-electron chi connectivity index (χ3n) is 3.94. The molecule has 0 spiro atoms. The molecule has 1 aromatic carbocycles. The van der Waals surface area contributed by atoms with E-state index in [9.17, 15) is 4.39 Å². The van der Waals surface area contributed by atoms with Crippen molar-refractivity contribution in [2.75, 3.05) is 0 Å². The van der Waals surface area contributed by atoms with Gasteiger partial charge in [-0.1, -0.05) is 25.0 Å². The van der Waals surface area contributed by atoms with Gasteiger partial charge in [0.15, 0.2) is 0 Å². The highest BCUT2D eigenvalue weighted by Gasteiger charge is 2.39. The summed E-state index contributed by atoms with van der Waals surface area (Å²) in [5, 5.41) is 3.23. The quantitative estimate of drug-likeness (QED) is 0.778. The Balaban J connectivity index is 2.12. The number of benzene rings is 1. The lowest BCUT2D eigenvalue weighted by molar-refractivity contribution is 0.514. The number of halogens is 1. The Morgan fingerprint density at radius 3 is 2.67 bits per heavy atom. The molecule has 94 valence electrons. The fourth-order valence-corrected chi connectivity index (χ4v) is 3.75. The van der Waals surface area contributed by atoms with Crippen molar-refractivity contribution in [2.24, 2.45) is 0 Å².